The maximum Gasteiger partial charge on any atom is 0.315 e. The van der Waals surface area contributed by atoms with Gasteiger partial charge in [-0.15, -0.1) is 0 Å². The molecule has 0 radical (unpaired) electrons. The number of piperidine rings is 1. The van der Waals surface area contributed by atoms with Gasteiger partial charge in [0.05, 0.1) is 10.7 Å². The molecule has 1 saturated heterocycles. The zero-order chi connectivity index (χ0) is 27.9. The molecule has 1 fully saturated rings. The predicted octanol–water partition coefficient (Wildman–Crippen LogP) is 6.94. The number of rotatable bonds is 9. The summed E-state index contributed by atoms with van der Waals surface area (Å²) in [6, 6.07) is 1.88. The van der Waals surface area contributed by atoms with Gasteiger partial charge in [0, 0.05) is 67.4 Å². The van der Waals surface area contributed by atoms with Gasteiger partial charge in [-0.3, -0.25) is 4.79 Å². The second-order valence-corrected chi connectivity index (χ2v) is 13.0. The maximum absolute atomic E-state index is 12.7. The van der Waals surface area contributed by atoms with Crippen molar-refractivity contribution in [3.05, 3.63) is 33.9 Å². The molecule has 0 unspecified atom stereocenters. The van der Waals surface area contributed by atoms with E-state index in [4.69, 9.17) is 23.2 Å². The second-order valence-electron chi connectivity index (χ2n) is 11.3. The second kappa shape index (κ2) is 14.1. The van der Waals surface area contributed by atoms with E-state index >= 15 is 0 Å². The standard InChI is InChI=1S/C28H43Cl2N5O2S/c1-6-9-22(29)25-19(2)26-21(16-23(25)30)18-35(38-33-26)17-20-11-14-34(15-12-20)24(36)10-7-8-13-31-27(37)32-28(3,4)5/h9,16,20,33H,6-8,10-15,17-18H2,1-5H3,(H2,31,32,37)/b22-9+. The third kappa shape index (κ3) is 8.97. The highest BCUT2D eigenvalue weighted by molar-refractivity contribution is 7.98. The molecule has 2 aliphatic heterocycles. The summed E-state index contributed by atoms with van der Waals surface area (Å²) >= 11 is 14.8. The molecule has 10 heteroatoms. The van der Waals surface area contributed by atoms with Gasteiger partial charge in [0.2, 0.25) is 5.91 Å². The van der Waals surface area contributed by atoms with Crippen molar-refractivity contribution in [2.75, 3.05) is 30.9 Å². The molecule has 0 aromatic heterocycles. The predicted molar refractivity (Wildman–Crippen MR) is 161 cm³/mol. The van der Waals surface area contributed by atoms with Crippen LogP contribution in [-0.4, -0.2) is 52.9 Å². The number of amides is 3. The van der Waals surface area contributed by atoms with Gasteiger partial charge in [-0.1, -0.05) is 36.2 Å². The minimum Gasteiger partial charge on any atom is -0.343 e. The number of nitrogens with one attached hydrogen (secondary N) is 3. The fourth-order valence-electron chi connectivity index (χ4n) is 4.92. The molecule has 0 spiro atoms. The summed E-state index contributed by atoms with van der Waals surface area (Å²) in [5, 5.41) is 7.13. The average molecular weight is 585 g/mol. The highest BCUT2D eigenvalue weighted by Gasteiger charge is 2.28. The van der Waals surface area contributed by atoms with Gasteiger partial charge in [-0.05, 0) is 82.9 Å². The van der Waals surface area contributed by atoms with Crippen LogP contribution in [-0.2, 0) is 11.3 Å². The number of allylic oxidation sites excluding steroid dienone is 1. The van der Waals surface area contributed by atoms with Crippen LogP contribution in [0.1, 0.15) is 82.9 Å². The summed E-state index contributed by atoms with van der Waals surface area (Å²) in [7, 11) is 0. The first-order valence-corrected chi connectivity index (χ1v) is 15.2. The minimum atomic E-state index is -0.253. The van der Waals surface area contributed by atoms with Crippen LogP contribution in [0.25, 0.3) is 5.03 Å². The quantitative estimate of drug-likeness (QED) is 0.217. The van der Waals surface area contributed by atoms with Gasteiger partial charge in [0.25, 0.3) is 0 Å². The number of fused-ring (bicyclic) bond motifs is 1. The normalized spacial score (nSPS) is 17.1. The Balaban J connectivity index is 1.39. The third-order valence-corrected chi connectivity index (χ3v) is 8.35. The molecule has 3 N–H and O–H groups in total. The van der Waals surface area contributed by atoms with Gasteiger partial charge in [-0.25, -0.2) is 9.10 Å². The van der Waals surface area contributed by atoms with E-state index < -0.39 is 0 Å². The summed E-state index contributed by atoms with van der Waals surface area (Å²) in [6.07, 6.45) is 7.01. The Kier molecular flexibility index (Phi) is 11.5. The van der Waals surface area contributed by atoms with Crippen LogP contribution in [0.2, 0.25) is 5.02 Å². The Labute approximate surface area is 242 Å². The molecule has 7 nitrogen and oxygen atoms in total. The van der Waals surface area contributed by atoms with Gasteiger partial charge in [0.1, 0.15) is 0 Å². The molecule has 2 heterocycles. The number of halogens is 2. The number of unbranched alkanes of at least 4 members (excludes halogenated alkanes) is 1. The van der Waals surface area contributed by atoms with Gasteiger partial charge >= 0.3 is 6.03 Å². The van der Waals surface area contributed by atoms with E-state index in [-0.39, 0.29) is 17.5 Å². The third-order valence-electron chi connectivity index (χ3n) is 6.88. The van der Waals surface area contributed by atoms with E-state index in [1.54, 1.807) is 12.1 Å². The first-order valence-electron chi connectivity index (χ1n) is 13.7. The molecule has 0 atom stereocenters. The Hall–Kier alpha value is -1.61. The number of anilines is 1. The summed E-state index contributed by atoms with van der Waals surface area (Å²) < 4.78 is 5.87. The molecular weight excluding hydrogens is 541 g/mol. The molecule has 38 heavy (non-hydrogen) atoms. The number of benzene rings is 1. The smallest absolute Gasteiger partial charge is 0.315 e. The summed E-state index contributed by atoms with van der Waals surface area (Å²) in [6.45, 7) is 14.0. The van der Waals surface area contributed by atoms with Gasteiger partial charge in [0.15, 0.2) is 0 Å². The lowest BCUT2D eigenvalue weighted by Crippen LogP contribution is -2.46. The van der Waals surface area contributed by atoms with Crippen molar-refractivity contribution in [2.45, 2.75) is 85.2 Å². The lowest BCUT2D eigenvalue weighted by Gasteiger charge is -2.36. The van der Waals surface area contributed by atoms with Crippen molar-refractivity contribution in [1.82, 2.24) is 19.8 Å². The fourth-order valence-corrected chi connectivity index (χ4v) is 6.73. The largest absolute Gasteiger partial charge is 0.343 e. The van der Waals surface area contributed by atoms with Crippen LogP contribution in [0.5, 0.6) is 0 Å². The number of hydrogen-bond acceptors (Lipinski definition) is 5. The molecule has 3 amide bonds. The summed E-state index contributed by atoms with van der Waals surface area (Å²) in [5.74, 6) is 0.778. The zero-order valence-corrected chi connectivity index (χ0v) is 25.7. The number of nitrogens with zero attached hydrogens (tertiary/aromatic N) is 2. The average Bonchev–Trinajstić information content (AvgIpc) is 2.83. The number of carbonyl (C=O) groups is 2. The van der Waals surface area contributed by atoms with Crippen molar-refractivity contribution in [1.29, 1.82) is 0 Å². The van der Waals surface area contributed by atoms with Crippen molar-refractivity contribution < 1.29 is 9.59 Å². The van der Waals surface area contributed by atoms with E-state index in [0.717, 1.165) is 75.1 Å². The summed E-state index contributed by atoms with van der Waals surface area (Å²) in [4.78, 5) is 26.5. The number of urea groups is 1. The Morgan fingerprint density at radius 3 is 2.61 bits per heavy atom. The molecule has 1 aromatic carbocycles. The number of hydrogen-bond donors (Lipinski definition) is 3. The van der Waals surface area contributed by atoms with Gasteiger partial charge in [-0.2, -0.15) is 0 Å². The van der Waals surface area contributed by atoms with Crippen LogP contribution < -0.4 is 15.4 Å². The molecule has 1 aromatic rings. The van der Waals surface area contributed by atoms with E-state index in [9.17, 15) is 9.59 Å². The van der Waals surface area contributed by atoms with Crippen LogP contribution in [0.15, 0.2) is 12.1 Å². The lowest BCUT2D eigenvalue weighted by atomic mass is 9.96. The fraction of sp³-hybridized carbons (Fsp3) is 0.643. The van der Waals surface area contributed by atoms with Crippen molar-refractivity contribution in [3.8, 4) is 0 Å². The molecular formula is C28H43Cl2N5O2S. The highest BCUT2D eigenvalue weighted by atomic mass is 35.5. The molecule has 0 aliphatic carbocycles. The van der Waals surface area contributed by atoms with E-state index in [1.165, 1.54) is 5.56 Å². The van der Waals surface area contributed by atoms with Crippen molar-refractivity contribution in [3.63, 3.8) is 0 Å². The Bertz CT molecular complexity index is 1020. The van der Waals surface area contributed by atoms with E-state index in [0.29, 0.717) is 28.9 Å². The topological polar surface area (TPSA) is 76.7 Å². The monoisotopic (exact) mass is 583 g/mol. The lowest BCUT2D eigenvalue weighted by molar-refractivity contribution is -0.132. The number of carbonyl (C=O) groups excluding carboxylic acids is 2. The van der Waals surface area contributed by atoms with Crippen LogP contribution in [0.4, 0.5) is 10.5 Å². The van der Waals surface area contributed by atoms with Crippen LogP contribution in [0, 0.1) is 12.8 Å². The maximum atomic E-state index is 12.7. The van der Waals surface area contributed by atoms with Crippen LogP contribution >= 0.6 is 35.3 Å². The highest BCUT2D eigenvalue weighted by Crippen LogP contribution is 2.41. The Morgan fingerprint density at radius 1 is 1.24 bits per heavy atom. The minimum absolute atomic E-state index is 0.159. The Morgan fingerprint density at radius 2 is 1.95 bits per heavy atom. The first-order chi connectivity index (χ1) is 18.0. The van der Waals surface area contributed by atoms with Crippen molar-refractivity contribution >= 4 is 58.0 Å². The summed E-state index contributed by atoms with van der Waals surface area (Å²) in [5.41, 5.74) is 4.05. The molecule has 0 bridgehead atoms. The first kappa shape index (κ1) is 30.9. The molecule has 2 aliphatic rings. The van der Waals surface area contributed by atoms with Gasteiger partial charge < -0.3 is 20.3 Å². The SMILES string of the molecule is CC/C=C(/Cl)c1c(Cl)cc2c(c1C)NSN(CC1CCN(C(=O)CCCCNC(=O)NC(C)(C)C)CC1)C2. The molecule has 3 rings (SSSR count). The van der Waals surface area contributed by atoms with E-state index in [1.807, 2.05) is 37.8 Å². The number of likely N-dealkylation sites (tertiary alicyclic amines) is 1. The van der Waals surface area contributed by atoms with Crippen molar-refractivity contribution in [2.24, 2.45) is 5.92 Å². The van der Waals surface area contributed by atoms with E-state index in [2.05, 4.69) is 33.5 Å². The molecule has 212 valence electrons. The molecule has 0 saturated carbocycles. The van der Waals surface area contributed by atoms with Crippen LogP contribution in [0.3, 0.4) is 0 Å². The zero-order valence-electron chi connectivity index (χ0n) is 23.4.